The van der Waals surface area contributed by atoms with Crippen molar-refractivity contribution in [1.82, 2.24) is 9.97 Å². The van der Waals surface area contributed by atoms with Gasteiger partial charge >= 0.3 is 0 Å². The average Bonchev–Trinajstić information content (AvgIpc) is 2.85. The second-order valence-electron chi connectivity index (χ2n) is 10.0. The van der Waals surface area contributed by atoms with E-state index >= 15 is 0 Å². The highest BCUT2D eigenvalue weighted by molar-refractivity contribution is 5.94. The summed E-state index contributed by atoms with van der Waals surface area (Å²) >= 11 is 0. The molecule has 0 N–H and O–H groups in total. The van der Waals surface area contributed by atoms with Gasteiger partial charge in [0.1, 0.15) is 24.8 Å². The van der Waals surface area contributed by atoms with Crippen molar-refractivity contribution < 1.29 is 24.4 Å². The largest absolute Gasteiger partial charge is 0.487 e. The maximum Gasteiger partial charge on any atom is 0.163 e. The number of hydrogen-bond acceptors (Lipinski definition) is 7. The van der Waals surface area contributed by atoms with Crippen LogP contribution in [-0.4, -0.2) is 54.5 Å². The predicted octanol–water partition coefficient (Wildman–Crippen LogP) is 6.07. The summed E-state index contributed by atoms with van der Waals surface area (Å²) in [5, 5.41) is 0.530. The van der Waals surface area contributed by atoms with E-state index in [1.165, 1.54) is 6.33 Å². The van der Waals surface area contributed by atoms with Gasteiger partial charge in [-0.05, 0) is 72.2 Å². The van der Waals surface area contributed by atoms with E-state index < -0.39 is 24.8 Å². The summed E-state index contributed by atoms with van der Waals surface area (Å²) in [6.07, 6.45) is 6.63. The van der Waals surface area contributed by atoms with Gasteiger partial charge in [0.15, 0.2) is 11.5 Å². The van der Waals surface area contributed by atoms with Crippen molar-refractivity contribution in [1.29, 1.82) is 0 Å². The van der Waals surface area contributed by atoms with Crippen LogP contribution < -0.4 is 14.4 Å². The number of aryl methyl sites for hydroxylation is 1. The third-order valence-electron chi connectivity index (χ3n) is 5.29. The number of terminal acetylenes is 1. The minimum absolute atomic E-state index is 0.00781. The summed E-state index contributed by atoms with van der Waals surface area (Å²) in [6.45, 7) is 7.09. The molecule has 0 saturated heterocycles. The standard InChI is InChI=1S/C30H39N3O4/c1-10-23-12-11-21(4)26(15-23)33(9)29-24-16-27(34-13-14-36-30(6,7)8)28(17-25(24)31-19-32-29)37-22(5)18-35-20(2)3/h1,11-12,15-17,19-20,22H,13-14,18H2,2-9H3/i13D2,14D2. The zero-order valence-electron chi connectivity index (χ0n) is 26.9. The molecule has 0 aliphatic heterocycles. The molecule has 37 heavy (non-hydrogen) atoms. The van der Waals surface area contributed by atoms with Crippen LogP contribution in [0.15, 0.2) is 36.7 Å². The van der Waals surface area contributed by atoms with Crippen molar-refractivity contribution in [3.05, 3.63) is 47.8 Å². The monoisotopic (exact) mass is 509 g/mol. The van der Waals surface area contributed by atoms with Crippen molar-refractivity contribution in [3.8, 4) is 23.8 Å². The van der Waals surface area contributed by atoms with Crippen molar-refractivity contribution in [2.24, 2.45) is 0 Å². The maximum atomic E-state index is 8.52. The van der Waals surface area contributed by atoms with Gasteiger partial charge in [0.25, 0.3) is 0 Å². The number of anilines is 2. The van der Waals surface area contributed by atoms with E-state index in [1.54, 1.807) is 32.9 Å². The summed E-state index contributed by atoms with van der Waals surface area (Å²) in [7, 11) is 1.84. The molecule has 0 aliphatic rings. The molecule has 0 bridgehead atoms. The SMILES string of the molecule is [2H]C([2H])(Oc1cc2c(N(C)c3cc(C#C)ccc3C)ncnc2cc1OC(C)COC(C)C)C([2H])([2H])OC(C)(C)C. The van der Waals surface area contributed by atoms with Crippen molar-refractivity contribution in [2.45, 2.75) is 66.3 Å². The Morgan fingerprint density at radius 1 is 1.08 bits per heavy atom. The van der Waals surface area contributed by atoms with Gasteiger partial charge < -0.3 is 23.8 Å². The minimum Gasteiger partial charge on any atom is -0.487 e. The summed E-state index contributed by atoms with van der Waals surface area (Å²) in [5.41, 5.74) is 2.05. The zero-order chi connectivity index (χ0) is 30.8. The van der Waals surface area contributed by atoms with E-state index in [9.17, 15) is 0 Å². The average molecular weight is 510 g/mol. The molecule has 7 nitrogen and oxygen atoms in total. The van der Waals surface area contributed by atoms with Gasteiger partial charge in [-0.25, -0.2) is 9.97 Å². The smallest absolute Gasteiger partial charge is 0.163 e. The highest BCUT2D eigenvalue weighted by Gasteiger charge is 2.19. The molecule has 1 atom stereocenters. The molecular weight excluding hydrogens is 466 g/mol. The molecule has 7 heteroatoms. The number of hydrogen-bond donors (Lipinski definition) is 0. The first-order valence-corrected chi connectivity index (χ1v) is 12.2. The fraction of sp³-hybridized carbons (Fsp3) is 0.467. The fourth-order valence-corrected chi connectivity index (χ4v) is 3.49. The summed E-state index contributed by atoms with van der Waals surface area (Å²) < 4.78 is 56.7. The number of fused-ring (bicyclic) bond motifs is 1. The third-order valence-corrected chi connectivity index (χ3v) is 5.29. The van der Waals surface area contributed by atoms with Crippen LogP contribution in [0, 0.1) is 19.3 Å². The number of benzene rings is 2. The van der Waals surface area contributed by atoms with Gasteiger partial charge in [-0.2, -0.15) is 0 Å². The molecule has 1 unspecified atom stereocenters. The Bertz CT molecular complexity index is 1420. The van der Waals surface area contributed by atoms with Crippen molar-refractivity contribution >= 4 is 22.4 Å². The first-order chi connectivity index (χ1) is 18.9. The van der Waals surface area contributed by atoms with Crippen LogP contribution in [0.4, 0.5) is 11.5 Å². The van der Waals surface area contributed by atoms with E-state index in [0.717, 1.165) is 11.3 Å². The van der Waals surface area contributed by atoms with Crippen LogP contribution in [0.2, 0.25) is 0 Å². The Hall–Kier alpha value is -3.34. The van der Waals surface area contributed by atoms with E-state index in [0.29, 0.717) is 22.3 Å². The molecule has 1 heterocycles. The molecule has 0 amide bonds. The topological polar surface area (TPSA) is 65.9 Å². The van der Waals surface area contributed by atoms with Gasteiger partial charge in [-0.15, -0.1) is 6.42 Å². The molecule has 198 valence electrons. The van der Waals surface area contributed by atoms with Crippen LogP contribution in [0.3, 0.4) is 0 Å². The second-order valence-corrected chi connectivity index (χ2v) is 10.0. The Balaban J connectivity index is 2.15. The van der Waals surface area contributed by atoms with Crippen LogP contribution in [0.1, 0.15) is 58.2 Å². The summed E-state index contributed by atoms with van der Waals surface area (Å²) in [4.78, 5) is 10.8. The molecule has 0 fully saturated rings. The first kappa shape index (κ1) is 22.8. The lowest BCUT2D eigenvalue weighted by molar-refractivity contribution is -0.0170. The van der Waals surface area contributed by atoms with Gasteiger partial charge in [-0.1, -0.05) is 12.0 Å². The molecule has 2 aromatic carbocycles. The number of aromatic nitrogens is 2. The quantitative estimate of drug-likeness (QED) is 0.291. The summed E-state index contributed by atoms with van der Waals surface area (Å²) in [5.74, 6) is 3.29. The van der Waals surface area contributed by atoms with Gasteiger partial charge in [-0.3, -0.25) is 0 Å². The highest BCUT2D eigenvalue weighted by Crippen LogP contribution is 2.38. The van der Waals surface area contributed by atoms with E-state index in [4.69, 9.17) is 30.9 Å². The number of ether oxygens (including phenoxy) is 4. The fourth-order valence-electron chi connectivity index (χ4n) is 3.49. The molecule has 0 saturated carbocycles. The number of nitrogens with zero attached hydrogens (tertiary/aromatic N) is 3. The zero-order valence-corrected chi connectivity index (χ0v) is 22.9. The molecule has 0 aliphatic carbocycles. The van der Waals surface area contributed by atoms with Gasteiger partial charge in [0.2, 0.25) is 0 Å². The Kier molecular flexibility index (Phi) is 7.57. The Morgan fingerprint density at radius 3 is 2.51 bits per heavy atom. The van der Waals surface area contributed by atoms with Crippen LogP contribution >= 0.6 is 0 Å². The molecule has 1 aromatic heterocycles. The van der Waals surface area contributed by atoms with Crippen molar-refractivity contribution in [2.75, 3.05) is 31.7 Å². The Morgan fingerprint density at radius 2 is 1.84 bits per heavy atom. The van der Waals surface area contributed by atoms with Crippen LogP contribution in [0.25, 0.3) is 10.9 Å². The minimum atomic E-state index is -2.90. The molecule has 3 aromatic rings. The van der Waals surface area contributed by atoms with E-state index in [-0.39, 0.29) is 24.2 Å². The molecule has 0 spiro atoms. The van der Waals surface area contributed by atoms with Gasteiger partial charge in [0, 0.05) is 29.8 Å². The second kappa shape index (κ2) is 12.3. The van der Waals surface area contributed by atoms with Gasteiger partial charge in [0.05, 0.1) is 35.9 Å². The lowest BCUT2D eigenvalue weighted by Gasteiger charge is -2.24. The lowest BCUT2D eigenvalue weighted by Crippen LogP contribution is -2.23. The summed E-state index contributed by atoms with van der Waals surface area (Å²) in [6, 6.07) is 8.84. The van der Waals surface area contributed by atoms with Crippen LogP contribution in [-0.2, 0) is 9.47 Å². The number of rotatable bonds is 11. The maximum absolute atomic E-state index is 8.52. The first-order valence-electron chi connectivity index (χ1n) is 14.2. The normalized spacial score (nSPS) is 14.8. The van der Waals surface area contributed by atoms with E-state index in [1.807, 2.05) is 57.8 Å². The molecule has 0 radical (unpaired) electrons. The molecule has 3 rings (SSSR count). The predicted molar refractivity (Wildman–Crippen MR) is 149 cm³/mol. The molecular formula is C30H39N3O4. The van der Waals surface area contributed by atoms with Crippen LogP contribution in [0.5, 0.6) is 11.5 Å². The van der Waals surface area contributed by atoms with Crippen molar-refractivity contribution in [3.63, 3.8) is 0 Å². The highest BCUT2D eigenvalue weighted by atomic mass is 16.6. The Labute approximate surface area is 226 Å². The third kappa shape index (κ3) is 7.82. The lowest BCUT2D eigenvalue weighted by atomic mass is 10.1. The van der Waals surface area contributed by atoms with E-state index in [2.05, 4.69) is 15.9 Å².